The molecule has 0 aliphatic carbocycles. The normalized spacial score (nSPS) is 21.9. The average Bonchev–Trinajstić information content (AvgIpc) is 3.26. The Morgan fingerprint density at radius 1 is 1.06 bits per heavy atom. The Labute approximate surface area is 210 Å². The van der Waals surface area contributed by atoms with Gasteiger partial charge in [-0.2, -0.15) is 0 Å². The summed E-state index contributed by atoms with van der Waals surface area (Å²) in [7, 11) is 0. The maximum absolute atomic E-state index is 13.7. The highest BCUT2D eigenvalue weighted by molar-refractivity contribution is 8.01. The first kappa shape index (κ1) is 25.3. The first-order valence-electron chi connectivity index (χ1n) is 12.0. The first-order chi connectivity index (χ1) is 16.6. The van der Waals surface area contributed by atoms with Crippen LogP contribution in [0.3, 0.4) is 0 Å². The Kier molecular flexibility index (Phi) is 7.24. The number of aliphatic hydroxyl groups excluding tert-OH is 1. The standard InChI is InChI=1S/C27H33N3O4S/c1-16(2)21(15-31)29-23(32)20(14-17-10-6-5-7-11-17)28-24(33)22-27(3,4)35-26-19-13-9-8-12-18(19)25(34)30(22)26/h5-13,16,20-22,26,31H,14-15H2,1-4H3,(H,28,33)(H,29,32)/t20-,21+,22+,26+/m0/s1. The Balaban J connectivity index is 1.59. The first-order valence-corrected chi connectivity index (χ1v) is 12.9. The summed E-state index contributed by atoms with van der Waals surface area (Å²) in [5.74, 6) is -0.838. The third kappa shape index (κ3) is 4.95. The van der Waals surface area contributed by atoms with Gasteiger partial charge in [0.25, 0.3) is 5.91 Å². The highest BCUT2D eigenvalue weighted by Crippen LogP contribution is 2.56. The number of nitrogens with zero attached hydrogens (tertiary/aromatic N) is 1. The van der Waals surface area contributed by atoms with Crippen molar-refractivity contribution in [3.8, 4) is 0 Å². The summed E-state index contributed by atoms with van der Waals surface area (Å²) in [4.78, 5) is 42.0. The second-order valence-electron chi connectivity index (χ2n) is 10.1. The molecular weight excluding hydrogens is 462 g/mol. The van der Waals surface area contributed by atoms with Crippen LogP contribution < -0.4 is 10.6 Å². The van der Waals surface area contributed by atoms with Gasteiger partial charge in [-0.05, 0) is 37.0 Å². The van der Waals surface area contributed by atoms with Crippen molar-refractivity contribution in [1.82, 2.24) is 15.5 Å². The van der Waals surface area contributed by atoms with Gasteiger partial charge in [-0.3, -0.25) is 14.4 Å². The number of nitrogens with one attached hydrogen (secondary N) is 2. The molecule has 2 aliphatic rings. The van der Waals surface area contributed by atoms with Gasteiger partial charge in [0, 0.05) is 16.7 Å². The van der Waals surface area contributed by atoms with E-state index >= 15 is 0 Å². The van der Waals surface area contributed by atoms with E-state index in [1.54, 1.807) is 22.7 Å². The third-order valence-corrected chi connectivity index (χ3v) is 8.32. The second-order valence-corrected chi connectivity index (χ2v) is 11.8. The summed E-state index contributed by atoms with van der Waals surface area (Å²) in [6, 6.07) is 15.0. The molecule has 1 fully saturated rings. The summed E-state index contributed by atoms with van der Waals surface area (Å²) in [5.41, 5.74) is 2.45. The summed E-state index contributed by atoms with van der Waals surface area (Å²) in [5, 5.41) is 15.3. The molecule has 0 unspecified atom stereocenters. The number of carbonyl (C=O) groups excluding carboxylic acids is 3. The van der Waals surface area contributed by atoms with Crippen molar-refractivity contribution >= 4 is 29.5 Å². The molecule has 3 amide bonds. The van der Waals surface area contributed by atoms with Gasteiger partial charge in [0.2, 0.25) is 11.8 Å². The fraction of sp³-hybridized carbons (Fsp3) is 0.444. The van der Waals surface area contributed by atoms with Gasteiger partial charge in [0.15, 0.2) is 0 Å². The van der Waals surface area contributed by atoms with E-state index < -0.39 is 22.9 Å². The highest BCUT2D eigenvalue weighted by atomic mass is 32.2. The van der Waals surface area contributed by atoms with Crippen LogP contribution in [0.1, 0.15) is 54.6 Å². The minimum atomic E-state index is -0.849. The topological polar surface area (TPSA) is 98.7 Å². The van der Waals surface area contributed by atoms with E-state index in [0.29, 0.717) is 12.0 Å². The molecule has 186 valence electrons. The van der Waals surface area contributed by atoms with Crippen molar-refractivity contribution in [2.45, 2.75) is 62.4 Å². The fourth-order valence-electron chi connectivity index (χ4n) is 4.82. The van der Waals surface area contributed by atoms with E-state index in [1.807, 2.05) is 76.2 Å². The fourth-order valence-corrected chi connectivity index (χ4v) is 6.41. The maximum Gasteiger partial charge on any atom is 0.256 e. The number of benzene rings is 2. The van der Waals surface area contributed by atoms with Gasteiger partial charge in [0.05, 0.1) is 12.6 Å². The van der Waals surface area contributed by atoms with Crippen LogP contribution in [0.25, 0.3) is 0 Å². The van der Waals surface area contributed by atoms with E-state index in [9.17, 15) is 19.5 Å². The van der Waals surface area contributed by atoms with Crippen molar-refractivity contribution in [1.29, 1.82) is 0 Å². The molecule has 0 radical (unpaired) electrons. The molecule has 2 aromatic carbocycles. The largest absolute Gasteiger partial charge is 0.394 e. The average molecular weight is 496 g/mol. The molecule has 0 saturated carbocycles. The summed E-state index contributed by atoms with van der Waals surface area (Å²) in [6.07, 6.45) is 0.298. The molecular formula is C27H33N3O4S. The SMILES string of the molecule is CC(C)[C@@H](CO)NC(=O)[C@H](Cc1ccccc1)NC(=O)[C@H]1N2C(=O)c3ccccc3[C@H]2SC1(C)C. The molecule has 1 saturated heterocycles. The molecule has 35 heavy (non-hydrogen) atoms. The zero-order valence-corrected chi connectivity index (χ0v) is 21.3. The van der Waals surface area contributed by atoms with Crippen molar-refractivity contribution in [3.63, 3.8) is 0 Å². The molecule has 0 bridgehead atoms. The van der Waals surface area contributed by atoms with E-state index in [4.69, 9.17) is 0 Å². The van der Waals surface area contributed by atoms with Crippen molar-refractivity contribution in [3.05, 3.63) is 71.3 Å². The molecule has 8 heteroatoms. The lowest BCUT2D eigenvalue weighted by Crippen LogP contribution is -2.58. The van der Waals surface area contributed by atoms with Crippen molar-refractivity contribution in [2.75, 3.05) is 6.61 Å². The van der Waals surface area contributed by atoms with Gasteiger partial charge in [-0.25, -0.2) is 0 Å². The molecule has 2 heterocycles. The van der Waals surface area contributed by atoms with Crippen molar-refractivity contribution in [2.24, 2.45) is 5.92 Å². The molecule has 7 nitrogen and oxygen atoms in total. The summed E-state index contributed by atoms with van der Waals surface area (Å²) in [6.45, 7) is 7.57. The lowest BCUT2D eigenvalue weighted by atomic mass is 9.98. The van der Waals surface area contributed by atoms with Crippen LogP contribution in [0.2, 0.25) is 0 Å². The van der Waals surface area contributed by atoms with Gasteiger partial charge in [-0.15, -0.1) is 11.8 Å². The number of aliphatic hydroxyl groups is 1. The van der Waals surface area contributed by atoms with E-state index in [0.717, 1.165) is 11.1 Å². The predicted molar refractivity (Wildman–Crippen MR) is 137 cm³/mol. The maximum atomic E-state index is 13.7. The molecule has 0 aromatic heterocycles. The Hall–Kier alpha value is -2.84. The number of amides is 3. The predicted octanol–water partition coefficient (Wildman–Crippen LogP) is 2.90. The van der Waals surface area contributed by atoms with Crippen LogP contribution in [-0.2, 0) is 16.0 Å². The molecule has 2 aromatic rings. The van der Waals surface area contributed by atoms with Gasteiger partial charge >= 0.3 is 0 Å². The number of thioether (sulfide) groups is 1. The molecule has 0 spiro atoms. The summed E-state index contributed by atoms with van der Waals surface area (Å²) < 4.78 is -0.544. The number of carbonyl (C=O) groups is 3. The Morgan fingerprint density at radius 2 is 1.71 bits per heavy atom. The quantitative estimate of drug-likeness (QED) is 0.523. The molecule has 3 N–H and O–H groups in total. The molecule has 2 aliphatic heterocycles. The zero-order valence-electron chi connectivity index (χ0n) is 20.5. The Bertz CT molecular complexity index is 1100. The van der Waals surface area contributed by atoms with Crippen LogP contribution in [0, 0.1) is 5.92 Å². The minimum absolute atomic E-state index is 0.0312. The molecule has 4 atom stereocenters. The lowest BCUT2D eigenvalue weighted by Gasteiger charge is -2.31. The van der Waals surface area contributed by atoms with Crippen LogP contribution in [0.4, 0.5) is 0 Å². The third-order valence-electron chi connectivity index (χ3n) is 6.79. The minimum Gasteiger partial charge on any atom is -0.394 e. The van der Waals surface area contributed by atoms with Crippen LogP contribution in [-0.4, -0.2) is 57.2 Å². The number of hydrogen-bond acceptors (Lipinski definition) is 5. The second kappa shape index (κ2) is 10.0. The van der Waals surface area contributed by atoms with E-state index in [1.165, 1.54) is 0 Å². The van der Waals surface area contributed by atoms with Crippen LogP contribution >= 0.6 is 11.8 Å². The van der Waals surface area contributed by atoms with E-state index in [-0.39, 0.29) is 35.6 Å². The van der Waals surface area contributed by atoms with Gasteiger partial charge in [-0.1, -0.05) is 62.4 Å². The van der Waals surface area contributed by atoms with Gasteiger partial charge < -0.3 is 20.6 Å². The number of hydrogen-bond donors (Lipinski definition) is 3. The van der Waals surface area contributed by atoms with Crippen LogP contribution in [0.15, 0.2) is 54.6 Å². The zero-order chi connectivity index (χ0) is 25.3. The molecule has 4 rings (SSSR count). The number of fused-ring (bicyclic) bond motifs is 3. The number of rotatable bonds is 8. The Morgan fingerprint density at radius 3 is 2.37 bits per heavy atom. The highest BCUT2D eigenvalue weighted by Gasteiger charge is 2.57. The van der Waals surface area contributed by atoms with Gasteiger partial charge in [0.1, 0.15) is 17.5 Å². The van der Waals surface area contributed by atoms with E-state index in [2.05, 4.69) is 10.6 Å². The van der Waals surface area contributed by atoms with Crippen LogP contribution in [0.5, 0.6) is 0 Å². The smallest absolute Gasteiger partial charge is 0.256 e. The lowest BCUT2D eigenvalue weighted by molar-refractivity contribution is -0.132. The summed E-state index contributed by atoms with van der Waals surface area (Å²) >= 11 is 1.59. The van der Waals surface area contributed by atoms with Crippen molar-refractivity contribution < 1.29 is 19.5 Å². The monoisotopic (exact) mass is 495 g/mol.